The summed E-state index contributed by atoms with van der Waals surface area (Å²) in [6.07, 6.45) is 3.54. The van der Waals surface area contributed by atoms with Crippen LogP contribution in [-0.2, 0) is 11.2 Å². The van der Waals surface area contributed by atoms with Gasteiger partial charge in [0.1, 0.15) is 0 Å². The van der Waals surface area contributed by atoms with Gasteiger partial charge in [-0.25, -0.2) is 0 Å². The summed E-state index contributed by atoms with van der Waals surface area (Å²) < 4.78 is 7.97. The number of hydrogen-bond donors (Lipinski definition) is 1. The second-order valence-electron chi connectivity index (χ2n) is 6.32. The minimum atomic E-state index is 0.245. The van der Waals surface area contributed by atoms with Crippen molar-refractivity contribution in [2.24, 2.45) is 5.73 Å². The van der Waals surface area contributed by atoms with Gasteiger partial charge >= 0.3 is 0 Å². The van der Waals surface area contributed by atoms with Crippen molar-refractivity contribution in [2.75, 3.05) is 32.8 Å². The van der Waals surface area contributed by atoms with Crippen molar-refractivity contribution in [3.63, 3.8) is 0 Å². The molecule has 1 aromatic heterocycles. The standard InChI is InChI=1S/C16H27N3O/c1-12-10-14-15(17)4-3-5-16(14)19(12)13(2)11-18-6-8-20-9-7-18/h10,13,15H,3-9,11,17H2,1-2H3. The molecule has 0 aromatic carbocycles. The van der Waals surface area contributed by atoms with Gasteiger partial charge < -0.3 is 15.0 Å². The zero-order valence-corrected chi connectivity index (χ0v) is 12.8. The van der Waals surface area contributed by atoms with Crippen LogP contribution in [0.15, 0.2) is 6.07 Å². The first kappa shape index (κ1) is 14.1. The smallest absolute Gasteiger partial charge is 0.0594 e. The van der Waals surface area contributed by atoms with Crippen molar-refractivity contribution in [3.8, 4) is 0 Å². The van der Waals surface area contributed by atoms with Gasteiger partial charge in [-0.3, -0.25) is 4.90 Å². The van der Waals surface area contributed by atoms with E-state index in [0.29, 0.717) is 6.04 Å². The average molecular weight is 277 g/mol. The van der Waals surface area contributed by atoms with Gasteiger partial charge in [0, 0.05) is 43.1 Å². The van der Waals surface area contributed by atoms with Gasteiger partial charge in [-0.15, -0.1) is 0 Å². The molecule has 0 spiro atoms. The maximum Gasteiger partial charge on any atom is 0.0594 e. The molecule has 0 amide bonds. The van der Waals surface area contributed by atoms with Crippen LogP contribution in [0.25, 0.3) is 0 Å². The van der Waals surface area contributed by atoms with E-state index in [1.54, 1.807) is 0 Å². The van der Waals surface area contributed by atoms with Crippen LogP contribution < -0.4 is 5.73 Å². The SMILES string of the molecule is Cc1cc2c(n1C(C)CN1CCOCC1)CCCC2N. The molecule has 0 bridgehead atoms. The molecule has 0 saturated carbocycles. The minimum absolute atomic E-state index is 0.245. The number of aryl methyl sites for hydroxylation is 1. The molecule has 4 nitrogen and oxygen atoms in total. The summed E-state index contributed by atoms with van der Waals surface area (Å²) in [7, 11) is 0. The van der Waals surface area contributed by atoms with Crippen LogP contribution in [0.2, 0.25) is 0 Å². The van der Waals surface area contributed by atoms with E-state index in [0.717, 1.165) is 39.3 Å². The number of aromatic nitrogens is 1. The highest BCUT2D eigenvalue weighted by molar-refractivity contribution is 5.33. The van der Waals surface area contributed by atoms with Crippen molar-refractivity contribution in [1.82, 2.24) is 9.47 Å². The van der Waals surface area contributed by atoms with Crippen molar-refractivity contribution in [1.29, 1.82) is 0 Å². The molecule has 2 unspecified atom stereocenters. The van der Waals surface area contributed by atoms with E-state index in [4.69, 9.17) is 10.5 Å². The van der Waals surface area contributed by atoms with Gasteiger partial charge in [-0.1, -0.05) is 0 Å². The van der Waals surface area contributed by atoms with Crippen molar-refractivity contribution in [3.05, 3.63) is 23.0 Å². The molecule has 2 aliphatic rings. The third kappa shape index (κ3) is 2.65. The Balaban J connectivity index is 1.78. The predicted octanol–water partition coefficient (Wildman–Crippen LogP) is 2.03. The van der Waals surface area contributed by atoms with Gasteiger partial charge in [0.15, 0.2) is 0 Å². The molecule has 1 aliphatic carbocycles. The highest BCUT2D eigenvalue weighted by Gasteiger charge is 2.25. The van der Waals surface area contributed by atoms with Gasteiger partial charge in [0.05, 0.1) is 13.2 Å². The molecule has 112 valence electrons. The quantitative estimate of drug-likeness (QED) is 0.919. The van der Waals surface area contributed by atoms with Gasteiger partial charge in [0.25, 0.3) is 0 Å². The van der Waals surface area contributed by atoms with Crippen LogP contribution in [-0.4, -0.2) is 42.3 Å². The van der Waals surface area contributed by atoms with E-state index in [1.807, 2.05) is 0 Å². The van der Waals surface area contributed by atoms with Gasteiger partial charge in [-0.05, 0) is 44.7 Å². The molecule has 2 atom stereocenters. The molecular weight excluding hydrogens is 250 g/mol. The van der Waals surface area contributed by atoms with Crippen LogP contribution in [0.4, 0.5) is 0 Å². The lowest BCUT2D eigenvalue weighted by Gasteiger charge is -2.31. The topological polar surface area (TPSA) is 43.4 Å². The molecule has 2 N–H and O–H groups in total. The van der Waals surface area contributed by atoms with Crippen molar-refractivity contribution >= 4 is 0 Å². The van der Waals surface area contributed by atoms with Crippen LogP contribution in [0.5, 0.6) is 0 Å². The van der Waals surface area contributed by atoms with Crippen LogP contribution in [0, 0.1) is 6.92 Å². The maximum absolute atomic E-state index is 6.27. The van der Waals surface area contributed by atoms with Crippen molar-refractivity contribution < 1.29 is 4.74 Å². The van der Waals surface area contributed by atoms with Gasteiger partial charge in [0.2, 0.25) is 0 Å². The summed E-state index contributed by atoms with van der Waals surface area (Å²) in [6, 6.07) is 3.08. The molecule has 2 heterocycles. The first-order valence-electron chi connectivity index (χ1n) is 7.93. The monoisotopic (exact) mass is 277 g/mol. The number of morpholine rings is 1. The normalized spacial score (nSPS) is 25.4. The molecule has 1 saturated heterocycles. The number of fused-ring (bicyclic) bond motifs is 1. The summed E-state index contributed by atoms with van der Waals surface area (Å²) in [4.78, 5) is 2.52. The van der Waals surface area contributed by atoms with Crippen LogP contribution >= 0.6 is 0 Å². The zero-order chi connectivity index (χ0) is 14.1. The molecule has 20 heavy (non-hydrogen) atoms. The Labute approximate surface area is 121 Å². The highest BCUT2D eigenvalue weighted by Crippen LogP contribution is 2.32. The lowest BCUT2D eigenvalue weighted by molar-refractivity contribution is 0.0323. The van der Waals surface area contributed by atoms with Crippen LogP contribution in [0.3, 0.4) is 0 Å². The number of rotatable bonds is 3. The summed E-state index contributed by atoms with van der Waals surface area (Å²) in [5.41, 5.74) is 10.5. The summed E-state index contributed by atoms with van der Waals surface area (Å²) in [5.74, 6) is 0. The lowest BCUT2D eigenvalue weighted by atomic mass is 9.93. The third-order valence-electron chi connectivity index (χ3n) is 4.76. The maximum atomic E-state index is 6.27. The fourth-order valence-electron chi connectivity index (χ4n) is 3.81. The van der Waals surface area contributed by atoms with E-state index in [1.165, 1.54) is 29.8 Å². The Morgan fingerprint density at radius 3 is 2.90 bits per heavy atom. The van der Waals surface area contributed by atoms with E-state index in [2.05, 4.69) is 29.4 Å². The van der Waals surface area contributed by atoms with Crippen LogP contribution in [0.1, 0.15) is 48.8 Å². The van der Waals surface area contributed by atoms with Gasteiger partial charge in [-0.2, -0.15) is 0 Å². The molecule has 1 fully saturated rings. The summed E-state index contributed by atoms with van der Waals surface area (Å²) in [6.45, 7) is 9.55. The minimum Gasteiger partial charge on any atom is -0.379 e. The lowest BCUT2D eigenvalue weighted by Crippen LogP contribution is -2.39. The first-order chi connectivity index (χ1) is 9.66. The van der Waals surface area contributed by atoms with E-state index >= 15 is 0 Å². The average Bonchev–Trinajstić information content (AvgIpc) is 2.78. The first-order valence-corrected chi connectivity index (χ1v) is 7.93. The fourth-order valence-corrected chi connectivity index (χ4v) is 3.81. The fraction of sp³-hybridized carbons (Fsp3) is 0.750. The Kier molecular flexibility index (Phi) is 4.15. The highest BCUT2D eigenvalue weighted by atomic mass is 16.5. The Morgan fingerprint density at radius 2 is 2.15 bits per heavy atom. The number of hydrogen-bond acceptors (Lipinski definition) is 3. The Morgan fingerprint density at radius 1 is 1.40 bits per heavy atom. The second-order valence-corrected chi connectivity index (χ2v) is 6.32. The summed E-state index contributed by atoms with van der Waals surface area (Å²) in [5, 5.41) is 0. The third-order valence-corrected chi connectivity index (χ3v) is 4.76. The van der Waals surface area contributed by atoms with E-state index < -0.39 is 0 Å². The molecule has 0 radical (unpaired) electrons. The number of ether oxygens (including phenoxy) is 1. The molecule has 3 rings (SSSR count). The molecule has 1 aromatic rings. The van der Waals surface area contributed by atoms with E-state index in [9.17, 15) is 0 Å². The largest absolute Gasteiger partial charge is 0.379 e. The summed E-state index contributed by atoms with van der Waals surface area (Å²) >= 11 is 0. The molecular formula is C16H27N3O. The Bertz CT molecular complexity index is 463. The predicted molar refractivity (Wildman–Crippen MR) is 81.0 cm³/mol. The van der Waals surface area contributed by atoms with E-state index in [-0.39, 0.29) is 6.04 Å². The second kappa shape index (κ2) is 5.88. The number of nitrogens with two attached hydrogens (primary N) is 1. The Hall–Kier alpha value is -0.840. The molecule has 1 aliphatic heterocycles. The zero-order valence-electron chi connectivity index (χ0n) is 12.8. The number of nitrogens with zero attached hydrogens (tertiary/aromatic N) is 2. The van der Waals surface area contributed by atoms with Crippen molar-refractivity contribution in [2.45, 2.75) is 45.2 Å². The molecule has 4 heteroatoms.